The maximum Gasteiger partial charge on any atom is 0.339 e. The van der Waals surface area contributed by atoms with E-state index in [1.165, 1.54) is 13.8 Å². The van der Waals surface area contributed by atoms with Gasteiger partial charge in [-0.3, -0.25) is 9.59 Å². The minimum absolute atomic E-state index is 0.0628. The molecule has 7 nitrogen and oxygen atoms in total. The van der Waals surface area contributed by atoms with Crippen LogP contribution in [0.2, 0.25) is 0 Å². The molecule has 0 aliphatic carbocycles. The number of benzene rings is 2. The molecular formula is C24H29NO6. The lowest BCUT2D eigenvalue weighted by Crippen LogP contribution is -2.30. The van der Waals surface area contributed by atoms with Gasteiger partial charge in [0.2, 0.25) is 0 Å². The van der Waals surface area contributed by atoms with Crippen LogP contribution in [0.15, 0.2) is 42.5 Å². The molecule has 0 heterocycles. The average molecular weight is 427 g/mol. The van der Waals surface area contributed by atoms with Gasteiger partial charge in [0.05, 0.1) is 18.8 Å². The lowest BCUT2D eigenvalue weighted by molar-refractivity contribution is -0.123. The zero-order valence-electron chi connectivity index (χ0n) is 18.6. The summed E-state index contributed by atoms with van der Waals surface area (Å²) in [7, 11) is 0. The number of ether oxygens (including phenoxy) is 3. The maximum atomic E-state index is 12.5. The van der Waals surface area contributed by atoms with E-state index in [-0.39, 0.29) is 11.3 Å². The fraction of sp³-hybridized carbons (Fsp3) is 0.375. The molecule has 0 saturated carbocycles. The van der Waals surface area contributed by atoms with E-state index in [0.29, 0.717) is 41.9 Å². The Bertz CT molecular complexity index is 920. The number of carbonyl (C=O) groups excluding carboxylic acids is 3. The fourth-order valence-corrected chi connectivity index (χ4v) is 2.59. The molecule has 0 aliphatic heterocycles. The Morgan fingerprint density at radius 3 is 2.13 bits per heavy atom. The Balaban J connectivity index is 2.02. The molecule has 0 spiro atoms. The van der Waals surface area contributed by atoms with Crippen molar-refractivity contribution in [3.05, 3.63) is 53.6 Å². The molecule has 2 aromatic carbocycles. The summed E-state index contributed by atoms with van der Waals surface area (Å²) >= 11 is 0. The first-order valence-electron chi connectivity index (χ1n) is 10.2. The topological polar surface area (TPSA) is 90.9 Å². The van der Waals surface area contributed by atoms with E-state index in [4.69, 9.17) is 14.2 Å². The fourth-order valence-electron chi connectivity index (χ4n) is 2.59. The predicted octanol–water partition coefficient (Wildman–Crippen LogP) is 4.51. The van der Waals surface area contributed by atoms with Crippen LogP contribution in [0.5, 0.6) is 11.5 Å². The third-order valence-corrected chi connectivity index (χ3v) is 4.26. The lowest BCUT2D eigenvalue weighted by Gasteiger charge is -2.16. The Morgan fingerprint density at radius 2 is 1.55 bits per heavy atom. The van der Waals surface area contributed by atoms with Gasteiger partial charge >= 0.3 is 5.97 Å². The van der Waals surface area contributed by atoms with Gasteiger partial charge in [0.25, 0.3) is 5.91 Å². The summed E-state index contributed by atoms with van der Waals surface area (Å²) in [6, 6.07) is 11.3. The van der Waals surface area contributed by atoms with Gasteiger partial charge in [-0.15, -0.1) is 0 Å². The first kappa shape index (κ1) is 23.9. The van der Waals surface area contributed by atoms with Gasteiger partial charge in [0, 0.05) is 11.3 Å². The molecule has 0 unspecified atom stereocenters. The minimum atomic E-state index is -1.02. The van der Waals surface area contributed by atoms with Gasteiger partial charge in [-0.1, -0.05) is 13.8 Å². The van der Waals surface area contributed by atoms with Gasteiger partial charge in [-0.2, -0.15) is 0 Å². The van der Waals surface area contributed by atoms with Crippen LogP contribution in [0, 0.1) is 5.92 Å². The summed E-state index contributed by atoms with van der Waals surface area (Å²) < 4.78 is 16.6. The first-order chi connectivity index (χ1) is 14.7. The van der Waals surface area contributed by atoms with Crippen LogP contribution in [0.3, 0.4) is 0 Å². The molecule has 7 heteroatoms. The molecule has 2 rings (SSSR count). The zero-order valence-corrected chi connectivity index (χ0v) is 18.6. The van der Waals surface area contributed by atoms with Crippen molar-refractivity contribution in [2.45, 2.75) is 40.7 Å². The Hall–Kier alpha value is -3.35. The second-order valence-electron chi connectivity index (χ2n) is 7.47. The van der Waals surface area contributed by atoms with Crippen molar-refractivity contribution >= 4 is 23.3 Å². The highest BCUT2D eigenvalue weighted by Gasteiger charge is 2.20. The Labute approximate surface area is 182 Å². The molecule has 1 atom stereocenters. The summed E-state index contributed by atoms with van der Waals surface area (Å²) in [5.74, 6) is 0.147. The molecule has 2 aromatic rings. The summed E-state index contributed by atoms with van der Waals surface area (Å²) in [5.41, 5.74) is 1.30. The third-order valence-electron chi connectivity index (χ3n) is 4.26. The summed E-state index contributed by atoms with van der Waals surface area (Å²) in [5, 5.41) is 2.66. The molecular weight excluding hydrogens is 398 g/mol. The summed E-state index contributed by atoms with van der Waals surface area (Å²) in [6.07, 6.45) is -1.02. The number of carbonyl (C=O) groups is 3. The van der Waals surface area contributed by atoms with E-state index < -0.39 is 18.0 Å². The monoisotopic (exact) mass is 427 g/mol. The Kier molecular flexibility index (Phi) is 8.61. The molecule has 0 bridgehead atoms. The standard InChI is InChI=1S/C24H29NO6/c1-6-29-22-13-19(9-12-21(22)30-14-15(2)3)24(28)31-17(5)23(27)25-20-10-7-18(8-11-20)16(4)26/h7-13,15,17H,6,14H2,1-5H3,(H,25,27)/t17-/m0/s1. The number of esters is 1. The smallest absolute Gasteiger partial charge is 0.339 e. The van der Waals surface area contributed by atoms with Crippen LogP contribution in [0.1, 0.15) is 55.3 Å². The molecule has 0 aliphatic rings. The molecule has 0 fully saturated rings. The number of rotatable bonds is 10. The second-order valence-corrected chi connectivity index (χ2v) is 7.47. The first-order valence-corrected chi connectivity index (χ1v) is 10.2. The van der Waals surface area contributed by atoms with E-state index in [0.717, 1.165) is 0 Å². The van der Waals surface area contributed by atoms with Crippen molar-refractivity contribution in [3.8, 4) is 11.5 Å². The molecule has 0 radical (unpaired) electrons. The molecule has 166 valence electrons. The zero-order chi connectivity index (χ0) is 23.0. The number of Topliss-reactive ketones (excluding diaryl/α,β-unsaturated/α-hetero) is 1. The maximum absolute atomic E-state index is 12.5. The van der Waals surface area contributed by atoms with Crippen LogP contribution < -0.4 is 14.8 Å². The minimum Gasteiger partial charge on any atom is -0.490 e. The van der Waals surface area contributed by atoms with Crippen molar-refractivity contribution in [1.29, 1.82) is 0 Å². The molecule has 1 amide bonds. The molecule has 31 heavy (non-hydrogen) atoms. The van der Waals surface area contributed by atoms with E-state index in [1.807, 2.05) is 20.8 Å². The van der Waals surface area contributed by atoms with Crippen LogP contribution in [0.25, 0.3) is 0 Å². The highest BCUT2D eigenvalue weighted by molar-refractivity contribution is 5.98. The van der Waals surface area contributed by atoms with Gasteiger partial charge in [0.15, 0.2) is 23.4 Å². The summed E-state index contributed by atoms with van der Waals surface area (Å²) in [4.78, 5) is 36.2. The van der Waals surface area contributed by atoms with Crippen molar-refractivity contribution in [2.24, 2.45) is 5.92 Å². The summed E-state index contributed by atoms with van der Waals surface area (Å²) in [6.45, 7) is 9.81. The normalized spacial score (nSPS) is 11.5. The van der Waals surface area contributed by atoms with Gasteiger partial charge in [0.1, 0.15) is 0 Å². The number of anilines is 1. The van der Waals surface area contributed by atoms with Gasteiger partial charge in [-0.25, -0.2) is 4.79 Å². The molecule has 1 N–H and O–H groups in total. The number of hydrogen-bond donors (Lipinski definition) is 1. The van der Waals surface area contributed by atoms with Gasteiger partial charge in [-0.05, 0) is 69.2 Å². The largest absolute Gasteiger partial charge is 0.490 e. The highest BCUT2D eigenvalue weighted by Crippen LogP contribution is 2.29. The highest BCUT2D eigenvalue weighted by atomic mass is 16.5. The van der Waals surface area contributed by atoms with Crippen LogP contribution >= 0.6 is 0 Å². The number of ketones is 1. The lowest BCUT2D eigenvalue weighted by atomic mass is 10.1. The van der Waals surface area contributed by atoms with Crippen LogP contribution in [-0.2, 0) is 9.53 Å². The molecule has 0 saturated heterocycles. The van der Waals surface area contributed by atoms with Crippen molar-refractivity contribution < 1.29 is 28.6 Å². The number of hydrogen-bond acceptors (Lipinski definition) is 6. The number of amides is 1. The predicted molar refractivity (Wildman–Crippen MR) is 118 cm³/mol. The quantitative estimate of drug-likeness (QED) is 0.443. The SMILES string of the molecule is CCOc1cc(C(=O)O[C@@H](C)C(=O)Nc2ccc(C(C)=O)cc2)ccc1OCC(C)C. The van der Waals surface area contributed by atoms with Crippen molar-refractivity contribution in [2.75, 3.05) is 18.5 Å². The van der Waals surface area contributed by atoms with E-state index >= 15 is 0 Å². The average Bonchev–Trinajstić information content (AvgIpc) is 2.73. The third kappa shape index (κ3) is 7.13. The Morgan fingerprint density at radius 1 is 0.903 bits per heavy atom. The van der Waals surface area contributed by atoms with Gasteiger partial charge < -0.3 is 19.5 Å². The van der Waals surface area contributed by atoms with Crippen molar-refractivity contribution in [1.82, 2.24) is 0 Å². The van der Waals surface area contributed by atoms with Crippen molar-refractivity contribution in [3.63, 3.8) is 0 Å². The van der Waals surface area contributed by atoms with Crippen LogP contribution in [-0.4, -0.2) is 37.0 Å². The van der Waals surface area contributed by atoms with Crippen LogP contribution in [0.4, 0.5) is 5.69 Å². The second kappa shape index (κ2) is 11.2. The molecule has 0 aromatic heterocycles. The number of nitrogens with one attached hydrogen (secondary N) is 1. The van der Waals surface area contributed by atoms with E-state index in [1.54, 1.807) is 42.5 Å². The van der Waals surface area contributed by atoms with E-state index in [2.05, 4.69) is 5.32 Å². The van der Waals surface area contributed by atoms with E-state index in [9.17, 15) is 14.4 Å².